The third kappa shape index (κ3) is 1.09. The molecule has 2 heterocycles. The van der Waals surface area contributed by atoms with Gasteiger partial charge in [0, 0.05) is 0 Å². The first-order chi connectivity index (χ1) is 5.27. The van der Waals surface area contributed by atoms with Gasteiger partial charge in [0.25, 0.3) is 5.71 Å². The maximum absolute atomic E-state index is 4.88. The summed E-state index contributed by atoms with van der Waals surface area (Å²) in [4.78, 5) is 0. The molecule has 0 saturated carbocycles. The number of hydrogen-bond acceptors (Lipinski definition) is 4. The summed E-state index contributed by atoms with van der Waals surface area (Å²) in [5.41, 5.74) is 1.36. The lowest BCUT2D eigenvalue weighted by Gasteiger charge is -1.85. The summed E-state index contributed by atoms with van der Waals surface area (Å²) in [6.45, 7) is 1.88. The van der Waals surface area contributed by atoms with Gasteiger partial charge in [0.15, 0.2) is 0 Å². The standard InChI is InChI=1S/C6H4IN3O/c1-3-4-2-5(7)8-9-6(4)11-10-3/h2H,1H3. The van der Waals surface area contributed by atoms with Crippen LogP contribution >= 0.6 is 22.6 Å². The van der Waals surface area contributed by atoms with Gasteiger partial charge in [-0.1, -0.05) is 5.16 Å². The lowest BCUT2D eigenvalue weighted by Crippen LogP contribution is -1.84. The first-order valence-corrected chi connectivity index (χ1v) is 4.10. The van der Waals surface area contributed by atoms with E-state index < -0.39 is 0 Å². The molecule has 0 saturated heterocycles. The summed E-state index contributed by atoms with van der Waals surface area (Å²) in [7, 11) is 0. The van der Waals surface area contributed by atoms with Crippen molar-refractivity contribution in [1.82, 2.24) is 15.4 Å². The van der Waals surface area contributed by atoms with Crippen molar-refractivity contribution in [2.45, 2.75) is 6.92 Å². The summed E-state index contributed by atoms with van der Waals surface area (Å²) in [5, 5.41) is 12.3. The van der Waals surface area contributed by atoms with Crippen molar-refractivity contribution < 1.29 is 4.52 Å². The predicted octanol–water partition coefficient (Wildman–Crippen LogP) is 1.53. The van der Waals surface area contributed by atoms with Crippen molar-refractivity contribution in [3.63, 3.8) is 0 Å². The molecule has 0 bridgehead atoms. The molecular weight excluding hydrogens is 257 g/mol. The molecule has 0 aliphatic carbocycles. The second-order valence-corrected chi connectivity index (χ2v) is 3.26. The third-order valence-corrected chi connectivity index (χ3v) is 1.92. The summed E-state index contributed by atoms with van der Waals surface area (Å²) >= 11 is 2.10. The van der Waals surface area contributed by atoms with E-state index in [9.17, 15) is 0 Å². The van der Waals surface area contributed by atoms with E-state index in [4.69, 9.17) is 4.52 Å². The molecule has 11 heavy (non-hydrogen) atoms. The molecule has 5 heteroatoms. The van der Waals surface area contributed by atoms with E-state index in [0.717, 1.165) is 14.8 Å². The minimum atomic E-state index is 0.503. The van der Waals surface area contributed by atoms with Gasteiger partial charge in [-0.25, -0.2) is 0 Å². The fraction of sp³-hybridized carbons (Fsp3) is 0.167. The number of fused-ring (bicyclic) bond motifs is 1. The number of rotatable bonds is 0. The minimum absolute atomic E-state index is 0.503. The smallest absolute Gasteiger partial charge is 0.276 e. The Balaban J connectivity index is 2.87. The maximum Gasteiger partial charge on any atom is 0.276 e. The van der Waals surface area contributed by atoms with Gasteiger partial charge in [-0.2, -0.15) is 0 Å². The quantitative estimate of drug-likeness (QED) is 0.675. The molecule has 56 valence electrons. The van der Waals surface area contributed by atoms with Crippen LogP contribution in [-0.2, 0) is 0 Å². The Hall–Kier alpha value is -0.720. The van der Waals surface area contributed by atoms with Crippen molar-refractivity contribution in [1.29, 1.82) is 0 Å². The highest BCUT2D eigenvalue weighted by atomic mass is 127. The van der Waals surface area contributed by atoms with Crippen LogP contribution in [0.25, 0.3) is 11.1 Å². The molecule has 0 radical (unpaired) electrons. The van der Waals surface area contributed by atoms with E-state index in [1.165, 1.54) is 0 Å². The van der Waals surface area contributed by atoms with Gasteiger partial charge in [-0.15, -0.1) is 10.2 Å². The third-order valence-electron chi connectivity index (χ3n) is 1.39. The first kappa shape index (κ1) is 6.96. The van der Waals surface area contributed by atoms with E-state index in [0.29, 0.717) is 5.71 Å². The molecule has 0 aromatic carbocycles. The number of aryl methyl sites for hydroxylation is 1. The van der Waals surface area contributed by atoms with E-state index in [1.807, 2.05) is 13.0 Å². The normalized spacial score (nSPS) is 10.7. The van der Waals surface area contributed by atoms with Crippen molar-refractivity contribution in [3.8, 4) is 0 Å². The monoisotopic (exact) mass is 261 g/mol. The topological polar surface area (TPSA) is 51.8 Å². The molecule has 0 aliphatic rings. The Morgan fingerprint density at radius 2 is 2.27 bits per heavy atom. The highest BCUT2D eigenvalue weighted by Gasteiger charge is 2.05. The highest BCUT2D eigenvalue weighted by Crippen LogP contribution is 2.15. The second-order valence-electron chi connectivity index (χ2n) is 2.15. The molecule has 2 rings (SSSR count). The average molecular weight is 261 g/mol. The van der Waals surface area contributed by atoms with Crippen molar-refractivity contribution in [2.75, 3.05) is 0 Å². The van der Waals surface area contributed by atoms with Gasteiger partial charge in [-0.3, -0.25) is 0 Å². The average Bonchev–Trinajstić information content (AvgIpc) is 2.33. The van der Waals surface area contributed by atoms with Gasteiger partial charge >= 0.3 is 0 Å². The molecule has 0 N–H and O–H groups in total. The largest absolute Gasteiger partial charge is 0.334 e. The summed E-state index contributed by atoms with van der Waals surface area (Å²) < 4.78 is 5.73. The van der Waals surface area contributed by atoms with Crippen LogP contribution in [-0.4, -0.2) is 15.4 Å². The second kappa shape index (κ2) is 2.40. The Labute approximate surface area is 76.1 Å². The molecular formula is C6H4IN3O. The number of hydrogen-bond donors (Lipinski definition) is 0. The highest BCUT2D eigenvalue weighted by molar-refractivity contribution is 14.1. The molecule has 4 nitrogen and oxygen atoms in total. The van der Waals surface area contributed by atoms with E-state index in [-0.39, 0.29) is 0 Å². The SMILES string of the molecule is Cc1noc2nnc(I)cc12. The zero-order valence-electron chi connectivity index (χ0n) is 5.71. The number of halogens is 1. The van der Waals surface area contributed by atoms with Crippen LogP contribution in [0, 0.1) is 10.6 Å². The van der Waals surface area contributed by atoms with Gasteiger partial charge < -0.3 is 4.52 Å². The summed E-state index contributed by atoms with van der Waals surface area (Å²) in [6.07, 6.45) is 0. The van der Waals surface area contributed by atoms with E-state index >= 15 is 0 Å². The fourth-order valence-corrected chi connectivity index (χ4v) is 1.26. The van der Waals surface area contributed by atoms with E-state index in [1.54, 1.807) is 0 Å². The van der Waals surface area contributed by atoms with Gasteiger partial charge in [-0.05, 0) is 35.6 Å². The van der Waals surface area contributed by atoms with Crippen LogP contribution < -0.4 is 0 Å². The van der Waals surface area contributed by atoms with Crippen LogP contribution in [0.4, 0.5) is 0 Å². The maximum atomic E-state index is 4.88. The number of aromatic nitrogens is 3. The van der Waals surface area contributed by atoms with Crippen LogP contribution in [0.1, 0.15) is 5.69 Å². The predicted molar refractivity (Wildman–Crippen MR) is 47.1 cm³/mol. The van der Waals surface area contributed by atoms with Gasteiger partial charge in [0.05, 0.1) is 11.1 Å². The van der Waals surface area contributed by atoms with Crippen LogP contribution in [0.2, 0.25) is 0 Å². The zero-order chi connectivity index (χ0) is 7.84. The molecule has 0 fully saturated rings. The van der Waals surface area contributed by atoms with Crippen molar-refractivity contribution in [2.24, 2.45) is 0 Å². The Bertz CT molecular complexity index is 398. The van der Waals surface area contributed by atoms with Crippen molar-refractivity contribution in [3.05, 3.63) is 15.5 Å². The molecule has 2 aromatic heterocycles. The zero-order valence-corrected chi connectivity index (χ0v) is 7.86. The van der Waals surface area contributed by atoms with Crippen LogP contribution in [0.15, 0.2) is 10.6 Å². The molecule has 0 spiro atoms. The van der Waals surface area contributed by atoms with E-state index in [2.05, 4.69) is 37.9 Å². The molecule has 0 aliphatic heterocycles. The van der Waals surface area contributed by atoms with Crippen LogP contribution in [0.5, 0.6) is 0 Å². The Morgan fingerprint density at radius 1 is 1.45 bits per heavy atom. The van der Waals surface area contributed by atoms with Gasteiger partial charge in [0.1, 0.15) is 3.70 Å². The Morgan fingerprint density at radius 3 is 3.09 bits per heavy atom. The number of nitrogens with zero attached hydrogens (tertiary/aromatic N) is 3. The first-order valence-electron chi connectivity index (χ1n) is 3.02. The molecule has 0 amide bonds. The van der Waals surface area contributed by atoms with Crippen molar-refractivity contribution >= 4 is 33.7 Å². The lowest BCUT2D eigenvalue weighted by atomic mass is 10.3. The summed E-state index contributed by atoms with van der Waals surface area (Å²) in [5.74, 6) is 0. The van der Waals surface area contributed by atoms with Gasteiger partial charge in [0.2, 0.25) is 0 Å². The lowest BCUT2D eigenvalue weighted by molar-refractivity contribution is 0.440. The fourth-order valence-electron chi connectivity index (χ4n) is 0.844. The molecule has 2 aromatic rings. The minimum Gasteiger partial charge on any atom is -0.334 e. The van der Waals surface area contributed by atoms with Crippen LogP contribution in [0.3, 0.4) is 0 Å². The summed E-state index contributed by atoms with van der Waals surface area (Å²) in [6, 6.07) is 1.90. The molecule has 0 unspecified atom stereocenters. The molecule has 0 atom stereocenters. The Kier molecular flexibility index (Phi) is 1.52.